The lowest BCUT2D eigenvalue weighted by molar-refractivity contribution is 0.453. The molecule has 16 heavy (non-hydrogen) atoms. The van der Waals surface area contributed by atoms with Crippen LogP contribution in [0.1, 0.15) is 11.1 Å². The fourth-order valence-electron chi connectivity index (χ4n) is 2.00. The molecule has 1 aromatic rings. The van der Waals surface area contributed by atoms with Crippen LogP contribution in [0.15, 0.2) is 29.3 Å². The summed E-state index contributed by atoms with van der Waals surface area (Å²) in [5.74, 6) is 1.15. The number of likely N-dealkylation sites (N-methyl/N-ethyl adjacent to an activating group) is 1. The van der Waals surface area contributed by atoms with Gasteiger partial charge in [0.15, 0.2) is 0 Å². The molecule has 0 fully saturated rings. The van der Waals surface area contributed by atoms with Gasteiger partial charge in [-0.1, -0.05) is 23.8 Å². The molecule has 1 heterocycles. The fraction of sp³-hybridized carbons (Fsp3) is 0.462. The highest BCUT2D eigenvalue weighted by atomic mass is 15.2. The molecule has 1 aliphatic rings. The summed E-state index contributed by atoms with van der Waals surface area (Å²) in [5, 5.41) is 3.18. The van der Waals surface area contributed by atoms with E-state index in [0.29, 0.717) is 0 Å². The van der Waals surface area contributed by atoms with Gasteiger partial charge in [-0.2, -0.15) is 0 Å². The summed E-state index contributed by atoms with van der Waals surface area (Å²) in [6, 6.07) is 8.57. The van der Waals surface area contributed by atoms with Gasteiger partial charge in [0.1, 0.15) is 5.84 Å². The predicted molar refractivity (Wildman–Crippen MR) is 68.1 cm³/mol. The van der Waals surface area contributed by atoms with Crippen molar-refractivity contribution in [2.75, 3.05) is 33.2 Å². The third kappa shape index (κ3) is 2.42. The van der Waals surface area contributed by atoms with Gasteiger partial charge in [0, 0.05) is 25.2 Å². The van der Waals surface area contributed by atoms with Crippen LogP contribution >= 0.6 is 0 Å². The maximum absolute atomic E-state index is 4.60. The first-order valence-corrected chi connectivity index (χ1v) is 5.82. The fourth-order valence-corrected chi connectivity index (χ4v) is 2.00. The Morgan fingerprint density at radius 1 is 1.44 bits per heavy atom. The minimum atomic E-state index is 0.924. The monoisotopic (exact) mass is 217 g/mol. The normalized spacial score (nSPS) is 15.4. The van der Waals surface area contributed by atoms with Gasteiger partial charge in [0.05, 0.1) is 6.54 Å². The average Bonchev–Trinajstić information content (AvgIpc) is 2.74. The smallest absolute Gasteiger partial charge is 0.131 e. The van der Waals surface area contributed by atoms with Crippen molar-refractivity contribution in [1.29, 1.82) is 0 Å². The highest BCUT2D eigenvalue weighted by molar-refractivity contribution is 5.99. The zero-order chi connectivity index (χ0) is 11.4. The third-order valence-corrected chi connectivity index (χ3v) is 2.84. The highest BCUT2D eigenvalue weighted by Crippen LogP contribution is 2.12. The van der Waals surface area contributed by atoms with E-state index in [-0.39, 0.29) is 0 Å². The van der Waals surface area contributed by atoms with Crippen LogP contribution in [-0.2, 0) is 0 Å². The van der Waals surface area contributed by atoms with E-state index in [2.05, 4.69) is 46.4 Å². The van der Waals surface area contributed by atoms with Crippen LogP contribution in [0.5, 0.6) is 0 Å². The van der Waals surface area contributed by atoms with Crippen LogP contribution < -0.4 is 5.32 Å². The summed E-state index contributed by atoms with van der Waals surface area (Å²) >= 11 is 0. The summed E-state index contributed by atoms with van der Waals surface area (Å²) in [6.45, 7) is 6.13. The lowest BCUT2D eigenvalue weighted by atomic mass is 10.1. The molecule has 3 nitrogen and oxygen atoms in total. The number of amidine groups is 1. The molecule has 0 radical (unpaired) electrons. The van der Waals surface area contributed by atoms with Crippen molar-refractivity contribution < 1.29 is 0 Å². The van der Waals surface area contributed by atoms with Crippen molar-refractivity contribution >= 4 is 5.84 Å². The van der Waals surface area contributed by atoms with Crippen molar-refractivity contribution in [3.8, 4) is 0 Å². The zero-order valence-electron chi connectivity index (χ0n) is 10.0. The first-order chi connectivity index (χ1) is 7.81. The molecular formula is C13H19N3. The van der Waals surface area contributed by atoms with E-state index in [9.17, 15) is 0 Å². The molecular weight excluding hydrogens is 198 g/mol. The Morgan fingerprint density at radius 2 is 2.31 bits per heavy atom. The maximum atomic E-state index is 4.60. The van der Waals surface area contributed by atoms with Crippen molar-refractivity contribution in [2.24, 2.45) is 4.99 Å². The summed E-state index contributed by atoms with van der Waals surface area (Å²) in [5.41, 5.74) is 2.54. The molecule has 86 valence electrons. The van der Waals surface area contributed by atoms with Crippen molar-refractivity contribution in [3.63, 3.8) is 0 Å². The van der Waals surface area contributed by atoms with Crippen molar-refractivity contribution in [3.05, 3.63) is 35.4 Å². The summed E-state index contributed by atoms with van der Waals surface area (Å²) < 4.78 is 0. The van der Waals surface area contributed by atoms with E-state index in [1.165, 1.54) is 11.1 Å². The largest absolute Gasteiger partial charge is 0.353 e. The quantitative estimate of drug-likeness (QED) is 0.822. The van der Waals surface area contributed by atoms with Gasteiger partial charge >= 0.3 is 0 Å². The minimum Gasteiger partial charge on any atom is -0.353 e. The lowest BCUT2D eigenvalue weighted by Gasteiger charge is -2.20. The van der Waals surface area contributed by atoms with Gasteiger partial charge < -0.3 is 10.2 Å². The number of aryl methyl sites for hydroxylation is 1. The van der Waals surface area contributed by atoms with Gasteiger partial charge in [0.25, 0.3) is 0 Å². The highest BCUT2D eigenvalue weighted by Gasteiger charge is 2.17. The molecule has 0 saturated carbocycles. The minimum absolute atomic E-state index is 0.924. The zero-order valence-corrected chi connectivity index (χ0v) is 10.0. The van der Waals surface area contributed by atoms with E-state index in [1.807, 2.05) is 7.05 Å². The van der Waals surface area contributed by atoms with E-state index in [4.69, 9.17) is 0 Å². The SMILES string of the molecule is CNCCN1CCN=C1c1cccc(C)c1. The summed E-state index contributed by atoms with van der Waals surface area (Å²) in [6.07, 6.45) is 0. The van der Waals surface area contributed by atoms with Gasteiger partial charge in [0.2, 0.25) is 0 Å². The number of rotatable bonds is 4. The van der Waals surface area contributed by atoms with Crippen LogP contribution in [0.2, 0.25) is 0 Å². The van der Waals surface area contributed by atoms with Gasteiger partial charge in [-0.25, -0.2) is 0 Å². The molecule has 0 atom stereocenters. The molecule has 1 aliphatic heterocycles. The molecule has 0 aromatic heterocycles. The molecule has 3 heteroatoms. The Kier molecular flexibility index (Phi) is 3.57. The Morgan fingerprint density at radius 3 is 3.06 bits per heavy atom. The Labute approximate surface area is 97.2 Å². The molecule has 0 spiro atoms. The molecule has 0 unspecified atom stereocenters. The molecule has 0 bridgehead atoms. The number of benzene rings is 1. The average molecular weight is 217 g/mol. The maximum Gasteiger partial charge on any atom is 0.131 e. The Bertz CT molecular complexity index is 385. The summed E-state index contributed by atoms with van der Waals surface area (Å²) in [7, 11) is 1.99. The molecule has 0 saturated heterocycles. The predicted octanol–water partition coefficient (Wildman–Crippen LogP) is 1.28. The van der Waals surface area contributed by atoms with Crippen LogP contribution in [-0.4, -0.2) is 44.0 Å². The number of nitrogens with one attached hydrogen (secondary N) is 1. The lowest BCUT2D eigenvalue weighted by Crippen LogP contribution is -2.34. The molecule has 1 aromatic carbocycles. The number of hydrogen-bond acceptors (Lipinski definition) is 3. The molecule has 0 amide bonds. The van der Waals surface area contributed by atoms with Gasteiger partial charge in [-0.05, 0) is 20.0 Å². The van der Waals surface area contributed by atoms with Crippen LogP contribution in [0.3, 0.4) is 0 Å². The molecule has 2 rings (SSSR count). The van der Waals surface area contributed by atoms with E-state index in [1.54, 1.807) is 0 Å². The van der Waals surface area contributed by atoms with Gasteiger partial charge in [-0.3, -0.25) is 4.99 Å². The second-order valence-electron chi connectivity index (χ2n) is 4.17. The number of hydrogen-bond donors (Lipinski definition) is 1. The Hall–Kier alpha value is -1.35. The summed E-state index contributed by atoms with van der Waals surface area (Å²) in [4.78, 5) is 6.95. The second kappa shape index (κ2) is 5.12. The van der Waals surface area contributed by atoms with Crippen LogP contribution in [0, 0.1) is 6.92 Å². The topological polar surface area (TPSA) is 27.6 Å². The van der Waals surface area contributed by atoms with Crippen molar-refractivity contribution in [2.45, 2.75) is 6.92 Å². The third-order valence-electron chi connectivity index (χ3n) is 2.84. The van der Waals surface area contributed by atoms with E-state index in [0.717, 1.165) is 32.0 Å². The van der Waals surface area contributed by atoms with Crippen molar-refractivity contribution in [1.82, 2.24) is 10.2 Å². The standard InChI is InChI=1S/C13H19N3/c1-11-4-3-5-12(10-11)13-15-7-9-16(13)8-6-14-2/h3-5,10,14H,6-9H2,1-2H3. The first-order valence-electron chi connectivity index (χ1n) is 5.82. The molecule has 0 aliphatic carbocycles. The molecule has 1 N–H and O–H groups in total. The second-order valence-corrected chi connectivity index (χ2v) is 4.17. The van der Waals surface area contributed by atoms with E-state index < -0.39 is 0 Å². The van der Waals surface area contributed by atoms with Crippen LogP contribution in [0.4, 0.5) is 0 Å². The first kappa shape index (κ1) is 11.1. The van der Waals surface area contributed by atoms with E-state index >= 15 is 0 Å². The number of aliphatic imine (C=N–C) groups is 1. The van der Waals surface area contributed by atoms with Gasteiger partial charge in [-0.15, -0.1) is 0 Å². The number of nitrogens with zero attached hydrogens (tertiary/aromatic N) is 2. The van der Waals surface area contributed by atoms with Crippen LogP contribution in [0.25, 0.3) is 0 Å². The Balaban J connectivity index is 2.13.